The molecule has 0 spiro atoms. The second-order valence-corrected chi connectivity index (χ2v) is 7.67. The molecule has 2 heterocycles. The first-order valence-corrected chi connectivity index (χ1v) is 10.1. The van der Waals surface area contributed by atoms with E-state index in [0.29, 0.717) is 22.0 Å². The first-order chi connectivity index (χ1) is 15.3. The van der Waals surface area contributed by atoms with Crippen molar-refractivity contribution in [1.82, 2.24) is 9.97 Å². The van der Waals surface area contributed by atoms with Crippen LogP contribution in [0.1, 0.15) is 35.2 Å². The minimum atomic E-state index is -1.02. The summed E-state index contributed by atoms with van der Waals surface area (Å²) in [5.74, 6) is -1.94. The Bertz CT molecular complexity index is 1270. The molecule has 4 rings (SSSR count). The van der Waals surface area contributed by atoms with Gasteiger partial charge >= 0.3 is 0 Å². The Hall–Kier alpha value is -3.98. The van der Waals surface area contributed by atoms with Crippen molar-refractivity contribution in [2.24, 2.45) is 0 Å². The van der Waals surface area contributed by atoms with Gasteiger partial charge < -0.3 is 16.0 Å². The van der Waals surface area contributed by atoms with Crippen molar-refractivity contribution in [3.63, 3.8) is 0 Å². The largest absolute Gasteiger partial charge is 0.326 e. The predicted molar refractivity (Wildman–Crippen MR) is 121 cm³/mol. The number of Topliss-reactive ketones (excluding diaryl/α,β-unsaturated/α-hetero) is 1. The van der Waals surface area contributed by atoms with E-state index in [2.05, 4.69) is 25.9 Å². The number of halogens is 1. The first kappa shape index (κ1) is 21.3. The lowest BCUT2D eigenvalue weighted by molar-refractivity contribution is -0.123. The molecule has 2 aromatic carbocycles. The molecule has 0 aliphatic carbocycles. The Balaban J connectivity index is 1.59. The summed E-state index contributed by atoms with van der Waals surface area (Å²) in [6, 6.07) is 13.1. The van der Waals surface area contributed by atoms with Gasteiger partial charge in [-0.15, -0.1) is 0 Å². The molecule has 1 atom stereocenters. The smallest absolute Gasteiger partial charge is 0.258 e. The number of H-pyrrole nitrogens is 1. The molecule has 2 amide bonds. The van der Waals surface area contributed by atoms with Crippen LogP contribution in [0, 0.1) is 0 Å². The average molecular weight is 452 g/mol. The minimum absolute atomic E-state index is 0.0218. The van der Waals surface area contributed by atoms with Gasteiger partial charge in [0.1, 0.15) is 5.82 Å². The second-order valence-electron chi connectivity index (χ2n) is 7.24. The Kier molecular flexibility index (Phi) is 5.74. The third-order valence-electron chi connectivity index (χ3n) is 4.93. The molecule has 0 radical (unpaired) electrons. The molecule has 9 nitrogen and oxygen atoms in total. The van der Waals surface area contributed by atoms with E-state index >= 15 is 0 Å². The molecular weight excluding hydrogens is 434 g/mol. The molecule has 10 heteroatoms. The van der Waals surface area contributed by atoms with E-state index in [9.17, 15) is 19.2 Å². The lowest BCUT2D eigenvalue weighted by Gasteiger charge is -2.23. The van der Waals surface area contributed by atoms with Gasteiger partial charge in [0.05, 0.1) is 11.5 Å². The highest BCUT2D eigenvalue weighted by atomic mass is 35.5. The van der Waals surface area contributed by atoms with Crippen LogP contribution in [0.5, 0.6) is 0 Å². The molecule has 4 N–H and O–H groups in total. The van der Waals surface area contributed by atoms with Crippen LogP contribution in [0.4, 0.5) is 23.1 Å². The Morgan fingerprint density at radius 1 is 1.03 bits per heavy atom. The number of aromatic nitrogens is 2. The summed E-state index contributed by atoms with van der Waals surface area (Å²) in [4.78, 5) is 56.2. The van der Waals surface area contributed by atoms with E-state index in [-0.39, 0.29) is 29.5 Å². The number of nitrogens with one attached hydrogen (secondary N) is 4. The fourth-order valence-corrected chi connectivity index (χ4v) is 3.47. The number of rotatable bonds is 5. The van der Waals surface area contributed by atoms with Crippen LogP contribution < -0.4 is 21.5 Å². The monoisotopic (exact) mass is 451 g/mol. The Morgan fingerprint density at radius 2 is 1.69 bits per heavy atom. The highest BCUT2D eigenvalue weighted by molar-refractivity contribution is 6.30. The molecule has 0 fully saturated rings. The molecule has 162 valence electrons. The van der Waals surface area contributed by atoms with Crippen LogP contribution in [-0.4, -0.2) is 27.6 Å². The van der Waals surface area contributed by atoms with Crippen LogP contribution in [0.15, 0.2) is 53.3 Å². The lowest BCUT2D eigenvalue weighted by atomic mass is 9.92. The summed E-state index contributed by atoms with van der Waals surface area (Å²) in [5, 5.41) is 8.73. The van der Waals surface area contributed by atoms with Crippen LogP contribution in [0.3, 0.4) is 0 Å². The number of fused-ring (bicyclic) bond motifs is 1. The molecule has 1 aromatic heterocycles. The molecule has 1 aliphatic heterocycles. The van der Waals surface area contributed by atoms with Gasteiger partial charge in [0.25, 0.3) is 5.56 Å². The number of hydrogen-bond acceptors (Lipinski definition) is 6. The van der Waals surface area contributed by atoms with E-state index in [0.717, 1.165) is 0 Å². The van der Waals surface area contributed by atoms with Gasteiger partial charge in [-0.1, -0.05) is 11.6 Å². The molecule has 0 saturated carbocycles. The number of carbonyl (C=O) groups excluding carboxylic acids is 3. The molecule has 0 saturated heterocycles. The van der Waals surface area contributed by atoms with E-state index in [1.54, 1.807) is 48.5 Å². The number of anilines is 4. The molecule has 3 aromatic rings. The van der Waals surface area contributed by atoms with Crippen molar-refractivity contribution in [3.8, 4) is 0 Å². The van der Waals surface area contributed by atoms with Crippen LogP contribution in [0.2, 0.25) is 5.02 Å². The quantitative estimate of drug-likeness (QED) is 0.439. The zero-order valence-corrected chi connectivity index (χ0v) is 17.6. The van der Waals surface area contributed by atoms with Crippen molar-refractivity contribution in [2.45, 2.75) is 19.3 Å². The standard InChI is InChI=1S/C22H18ClN5O4/c1-11(29)12-2-6-14(7-3-12)24-20(31)16-10-17(30)26-19-18(16)21(32)28-22(27-19)25-15-8-4-13(23)5-9-15/h2-9,16H,10H2,1H3,(H,24,31)(H3,25,26,27,28,30,32)/t16-/m1/s1. The first-order valence-electron chi connectivity index (χ1n) is 9.68. The number of aromatic amines is 1. The van der Waals surface area contributed by atoms with Crippen molar-refractivity contribution in [1.29, 1.82) is 0 Å². The van der Waals surface area contributed by atoms with Crippen molar-refractivity contribution in [3.05, 3.63) is 75.0 Å². The number of ketones is 1. The zero-order chi connectivity index (χ0) is 22.8. The lowest BCUT2D eigenvalue weighted by Crippen LogP contribution is -2.36. The zero-order valence-electron chi connectivity index (χ0n) is 16.9. The number of nitrogens with zero attached hydrogens (tertiary/aromatic N) is 1. The van der Waals surface area contributed by atoms with Crippen LogP contribution in [0.25, 0.3) is 0 Å². The maximum absolute atomic E-state index is 12.9. The second kappa shape index (κ2) is 8.64. The molecular formula is C22H18ClN5O4. The number of benzene rings is 2. The summed E-state index contributed by atoms with van der Waals surface area (Å²) in [6.07, 6.45) is -0.195. The molecule has 0 unspecified atom stereocenters. The third-order valence-corrected chi connectivity index (χ3v) is 5.19. The van der Waals surface area contributed by atoms with Gasteiger partial charge in [-0.05, 0) is 55.5 Å². The maximum atomic E-state index is 12.9. The van der Waals surface area contributed by atoms with Crippen molar-refractivity contribution in [2.75, 3.05) is 16.0 Å². The van der Waals surface area contributed by atoms with E-state index in [1.807, 2.05) is 0 Å². The van der Waals surface area contributed by atoms with Gasteiger partial charge in [-0.2, -0.15) is 4.98 Å². The topological polar surface area (TPSA) is 133 Å². The van der Waals surface area contributed by atoms with Gasteiger partial charge in [0.15, 0.2) is 5.78 Å². The fraction of sp³-hybridized carbons (Fsp3) is 0.136. The average Bonchev–Trinajstić information content (AvgIpc) is 2.75. The van der Waals surface area contributed by atoms with Gasteiger partial charge in [0.2, 0.25) is 17.8 Å². The Morgan fingerprint density at radius 3 is 2.34 bits per heavy atom. The van der Waals surface area contributed by atoms with Crippen LogP contribution in [-0.2, 0) is 9.59 Å². The summed E-state index contributed by atoms with van der Waals surface area (Å²) in [5.41, 5.74) is 1.11. The predicted octanol–water partition coefficient (Wildman–Crippen LogP) is 3.43. The van der Waals surface area contributed by atoms with Gasteiger partial charge in [-0.25, -0.2) is 0 Å². The summed E-state index contributed by atoms with van der Waals surface area (Å²) >= 11 is 5.87. The highest BCUT2D eigenvalue weighted by Crippen LogP contribution is 2.30. The molecule has 1 aliphatic rings. The van der Waals surface area contributed by atoms with Gasteiger partial charge in [0, 0.05) is 28.4 Å². The number of hydrogen-bond donors (Lipinski definition) is 4. The molecule has 0 bridgehead atoms. The normalized spacial score (nSPS) is 14.8. The summed E-state index contributed by atoms with van der Waals surface area (Å²) in [6.45, 7) is 1.44. The van der Waals surface area contributed by atoms with Gasteiger partial charge in [-0.3, -0.25) is 24.2 Å². The number of amides is 2. The van der Waals surface area contributed by atoms with Crippen molar-refractivity contribution >= 4 is 52.3 Å². The van der Waals surface area contributed by atoms with Crippen LogP contribution >= 0.6 is 11.6 Å². The summed E-state index contributed by atoms with van der Waals surface area (Å²) < 4.78 is 0. The summed E-state index contributed by atoms with van der Waals surface area (Å²) in [7, 11) is 0. The molecule has 32 heavy (non-hydrogen) atoms. The number of carbonyl (C=O) groups is 3. The SMILES string of the molecule is CC(=O)c1ccc(NC(=O)[C@@H]2CC(=O)Nc3nc(Nc4ccc(Cl)cc4)[nH]c(=O)c32)cc1. The van der Waals surface area contributed by atoms with E-state index in [4.69, 9.17) is 11.6 Å². The van der Waals surface area contributed by atoms with Crippen molar-refractivity contribution < 1.29 is 14.4 Å². The Labute approximate surface area is 187 Å². The third kappa shape index (κ3) is 4.52. The fourth-order valence-electron chi connectivity index (χ4n) is 3.34. The maximum Gasteiger partial charge on any atom is 0.258 e. The minimum Gasteiger partial charge on any atom is -0.326 e. The highest BCUT2D eigenvalue weighted by Gasteiger charge is 2.34. The van der Waals surface area contributed by atoms with E-state index < -0.39 is 23.3 Å². The van der Waals surface area contributed by atoms with E-state index in [1.165, 1.54) is 6.92 Å².